The number of halogens is 1. The van der Waals surface area contributed by atoms with Crippen molar-refractivity contribution in [1.29, 1.82) is 0 Å². The third-order valence-corrected chi connectivity index (χ3v) is 2.07. The van der Waals surface area contributed by atoms with E-state index in [0.717, 1.165) is 12.0 Å². The summed E-state index contributed by atoms with van der Waals surface area (Å²) in [7, 11) is 0. The molecule has 90 valence electrons. The highest BCUT2D eigenvalue weighted by Gasteiger charge is 2.19. The van der Waals surface area contributed by atoms with Gasteiger partial charge in [0.1, 0.15) is 11.4 Å². The fourth-order valence-corrected chi connectivity index (χ4v) is 1.26. The summed E-state index contributed by atoms with van der Waals surface area (Å²) in [4.78, 5) is 10.6. The average molecular weight is 225 g/mol. The zero-order valence-electron chi connectivity index (χ0n) is 10.5. The summed E-state index contributed by atoms with van der Waals surface area (Å²) in [5.74, 6) is -0.346. The van der Waals surface area contributed by atoms with Crippen molar-refractivity contribution in [2.45, 2.75) is 46.1 Å². The predicted octanol–water partition coefficient (Wildman–Crippen LogP) is 4.69. The summed E-state index contributed by atoms with van der Waals surface area (Å²) in [6.45, 7) is 10.6. The first-order valence-corrected chi connectivity index (χ1v) is 5.39. The summed E-state index contributed by atoms with van der Waals surface area (Å²) < 4.78 is 13.4. The summed E-state index contributed by atoms with van der Waals surface area (Å²) >= 11 is 0. The normalized spacial score (nSPS) is 13.8. The number of hydrogen-bond acceptors (Lipinski definition) is 2. The zero-order chi connectivity index (χ0) is 12.8. The van der Waals surface area contributed by atoms with E-state index in [9.17, 15) is 9.30 Å². The average Bonchev–Trinajstić information content (AvgIpc) is 2.17. The van der Waals surface area contributed by atoms with E-state index in [1.165, 1.54) is 6.08 Å². The largest absolute Gasteiger partial charge is 0.207 e. The second-order valence-corrected chi connectivity index (χ2v) is 4.54. The van der Waals surface area contributed by atoms with E-state index in [-0.39, 0.29) is 5.83 Å². The van der Waals surface area contributed by atoms with Gasteiger partial charge in [-0.1, -0.05) is 24.8 Å². The molecule has 0 unspecified atom stereocenters. The molecule has 0 atom stereocenters. The maximum Gasteiger partial charge on any atom is 0.125 e. The maximum absolute atomic E-state index is 13.4. The Morgan fingerprint density at radius 2 is 2.06 bits per heavy atom. The fraction of sp³-hybridized carbons (Fsp3) is 0.538. The van der Waals surface area contributed by atoms with E-state index in [1.54, 1.807) is 20.8 Å². The zero-order valence-corrected chi connectivity index (χ0v) is 10.5. The van der Waals surface area contributed by atoms with Crippen molar-refractivity contribution < 1.29 is 4.39 Å². The lowest BCUT2D eigenvalue weighted by Gasteiger charge is -2.15. The van der Waals surface area contributed by atoms with Crippen LogP contribution in [0, 0.1) is 4.91 Å². The lowest BCUT2D eigenvalue weighted by atomic mass is 9.94. The molecule has 0 aromatic heterocycles. The molecule has 0 bridgehead atoms. The van der Waals surface area contributed by atoms with E-state index in [4.69, 9.17) is 0 Å². The molecular weight excluding hydrogens is 205 g/mol. The molecule has 3 heteroatoms. The van der Waals surface area contributed by atoms with Crippen LogP contribution in [0.1, 0.15) is 40.5 Å². The van der Waals surface area contributed by atoms with Crippen LogP contribution >= 0.6 is 0 Å². The fourth-order valence-electron chi connectivity index (χ4n) is 1.26. The standard InChI is InChI=1S/C13H20FNO/c1-6-7-11(8-12(14)10(2)3)9-13(4,5)15-16/h7-8H,2,6,9H2,1,3-5H3/b11-7+,12-8+. The molecule has 0 heterocycles. The minimum absolute atomic E-state index is 0.346. The van der Waals surface area contributed by atoms with Gasteiger partial charge in [0, 0.05) is 6.42 Å². The van der Waals surface area contributed by atoms with Crippen molar-refractivity contribution in [2.24, 2.45) is 5.18 Å². The number of allylic oxidation sites excluding steroid dienone is 4. The molecule has 0 aliphatic rings. The van der Waals surface area contributed by atoms with Gasteiger partial charge >= 0.3 is 0 Å². The molecule has 0 aromatic carbocycles. The minimum Gasteiger partial charge on any atom is -0.207 e. The van der Waals surface area contributed by atoms with Gasteiger partial charge in [0.05, 0.1) is 0 Å². The lowest BCUT2D eigenvalue weighted by molar-refractivity contribution is 0.515. The monoisotopic (exact) mass is 225 g/mol. The Morgan fingerprint density at radius 3 is 2.44 bits per heavy atom. The summed E-state index contributed by atoms with van der Waals surface area (Å²) in [5, 5.41) is 3.03. The topological polar surface area (TPSA) is 29.4 Å². The Labute approximate surface area is 96.9 Å². The van der Waals surface area contributed by atoms with Crippen molar-refractivity contribution in [3.8, 4) is 0 Å². The number of nitroso groups, excluding NO2 is 1. The molecule has 0 spiro atoms. The van der Waals surface area contributed by atoms with Crippen LogP contribution in [0.25, 0.3) is 0 Å². The van der Waals surface area contributed by atoms with Gasteiger partial charge < -0.3 is 0 Å². The van der Waals surface area contributed by atoms with Gasteiger partial charge in [-0.15, -0.1) is 0 Å². The maximum atomic E-state index is 13.4. The smallest absolute Gasteiger partial charge is 0.125 e. The SMILES string of the molecule is C=C(C)/C(F)=C\C(=C/CC)CC(C)(C)N=O. The van der Waals surface area contributed by atoms with Crippen LogP contribution in [0.5, 0.6) is 0 Å². The predicted molar refractivity (Wildman–Crippen MR) is 66.9 cm³/mol. The van der Waals surface area contributed by atoms with Gasteiger partial charge in [0.25, 0.3) is 0 Å². The van der Waals surface area contributed by atoms with E-state index in [1.807, 2.05) is 13.0 Å². The molecule has 0 amide bonds. The molecule has 0 N–H and O–H groups in total. The summed E-state index contributed by atoms with van der Waals surface area (Å²) in [5.41, 5.74) is 0.471. The molecule has 0 saturated heterocycles. The highest BCUT2D eigenvalue weighted by molar-refractivity contribution is 5.31. The van der Waals surface area contributed by atoms with Gasteiger partial charge in [0.2, 0.25) is 0 Å². The summed E-state index contributed by atoms with van der Waals surface area (Å²) in [6.07, 6.45) is 4.56. The molecule has 0 aliphatic carbocycles. The summed E-state index contributed by atoms with van der Waals surface area (Å²) in [6, 6.07) is 0. The molecule has 0 saturated carbocycles. The first kappa shape index (κ1) is 14.8. The number of rotatable bonds is 6. The first-order valence-electron chi connectivity index (χ1n) is 5.39. The highest BCUT2D eigenvalue weighted by Crippen LogP contribution is 2.23. The van der Waals surface area contributed by atoms with Crippen LogP contribution in [-0.2, 0) is 0 Å². The first-order chi connectivity index (χ1) is 7.32. The van der Waals surface area contributed by atoms with Crippen molar-refractivity contribution in [3.05, 3.63) is 40.6 Å². The molecule has 0 aromatic rings. The van der Waals surface area contributed by atoms with Crippen LogP contribution in [0.15, 0.2) is 40.9 Å². The minimum atomic E-state index is -0.702. The van der Waals surface area contributed by atoms with Gasteiger partial charge in [-0.2, -0.15) is 4.91 Å². The van der Waals surface area contributed by atoms with E-state index < -0.39 is 5.54 Å². The van der Waals surface area contributed by atoms with Crippen LogP contribution in [-0.4, -0.2) is 5.54 Å². The molecule has 0 rings (SSSR count). The van der Waals surface area contributed by atoms with Crippen LogP contribution in [0.4, 0.5) is 4.39 Å². The Kier molecular flexibility index (Phi) is 5.86. The van der Waals surface area contributed by atoms with Crippen molar-refractivity contribution in [2.75, 3.05) is 0 Å². The second-order valence-electron chi connectivity index (χ2n) is 4.54. The quantitative estimate of drug-likeness (QED) is 0.476. The molecule has 0 fully saturated rings. The Morgan fingerprint density at radius 1 is 1.50 bits per heavy atom. The number of hydrogen-bond donors (Lipinski definition) is 0. The van der Waals surface area contributed by atoms with Gasteiger partial charge in [0.15, 0.2) is 0 Å². The third-order valence-electron chi connectivity index (χ3n) is 2.07. The molecule has 0 radical (unpaired) electrons. The van der Waals surface area contributed by atoms with E-state index in [0.29, 0.717) is 12.0 Å². The molecule has 16 heavy (non-hydrogen) atoms. The van der Waals surface area contributed by atoms with Crippen molar-refractivity contribution in [3.63, 3.8) is 0 Å². The molecule has 0 aliphatic heterocycles. The van der Waals surface area contributed by atoms with Crippen LogP contribution in [0.3, 0.4) is 0 Å². The molecule has 2 nitrogen and oxygen atoms in total. The highest BCUT2D eigenvalue weighted by atomic mass is 19.1. The van der Waals surface area contributed by atoms with Gasteiger partial charge in [-0.25, -0.2) is 4.39 Å². The molecular formula is C13H20FNO. The van der Waals surface area contributed by atoms with E-state index >= 15 is 0 Å². The van der Waals surface area contributed by atoms with Crippen LogP contribution in [0.2, 0.25) is 0 Å². The Bertz CT molecular complexity index is 327. The third kappa shape index (κ3) is 5.59. The van der Waals surface area contributed by atoms with Gasteiger partial charge in [-0.3, -0.25) is 0 Å². The van der Waals surface area contributed by atoms with E-state index in [2.05, 4.69) is 11.8 Å². The van der Waals surface area contributed by atoms with Crippen LogP contribution < -0.4 is 0 Å². The number of nitrogens with zero attached hydrogens (tertiary/aromatic N) is 1. The second kappa shape index (κ2) is 6.36. The van der Waals surface area contributed by atoms with Gasteiger partial charge in [-0.05, 0) is 44.4 Å². The lowest BCUT2D eigenvalue weighted by Crippen LogP contribution is -2.16. The Hall–Kier alpha value is -1.25. The Balaban J connectivity index is 4.92. The van der Waals surface area contributed by atoms with Crippen molar-refractivity contribution >= 4 is 0 Å². The van der Waals surface area contributed by atoms with Crippen molar-refractivity contribution in [1.82, 2.24) is 0 Å².